The molecule has 0 bridgehead atoms. The van der Waals surface area contributed by atoms with Crippen LogP contribution in [-0.2, 0) is 12.7 Å². The number of alkyl halides is 3. The minimum atomic E-state index is -4.74. The maximum Gasteiger partial charge on any atom is 0.471 e. The van der Waals surface area contributed by atoms with E-state index in [0.29, 0.717) is 5.56 Å². The Balaban J connectivity index is 1.85. The van der Waals surface area contributed by atoms with Crippen molar-refractivity contribution in [3.8, 4) is 11.4 Å². The maximum atomic E-state index is 14.1. The molecule has 0 aliphatic rings. The van der Waals surface area contributed by atoms with Crippen molar-refractivity contribution in [3.05, 3.63) is 51.4 Å². The third-order valence-electron chi connectivity index (χ3n) is 2.91. The molecule has 5 nitrogen and oxygen atoms in total. The van der Waals surface area contributed by atoms with Gasteiger partial charge in [0.2, 0.25) is 5.82 Å². The van der Waals surface area contributed by atoms with Crippen molar-refractivity contribution < 1.29 is 22.1 Å². The van der Waals surface area contributed by atoms with E-state index in [4.69, 9.17) is 0 Å². The van der Waals surface area contributed by atoms with Crippen LogP contribution >= 0.6 is 22.6 Å². The molecular formula is C13H7F4IN4O. The molecule has 0 saturated carbocycles. The zero-order chi connectivity index (χ0) is 16.6. The van der Waals surface area contributed by atoms with Crippen LogP contribution in [0.2, 0.25) is 0 Å². The highest BCUT2D eigenvalue weighted by atomic mass is 127. The molecule has 23 heavy (non-hydrogen) atoms. The van der Waals surface area contributed by atoms with E-state index in [9.17, 15) is 17.6 Å². The summed E-state index contributed by atoms with van der Waals surface area (Å²) in [4.78, 5) is 3.22. The van der Waals surface area contributed by atoms with E-state index in [1.165, 1.54) is 12.1 Å². The lowest BCUT2D eigenvalue weighted by Crippen LogP contribution is -2.05. The fourth-order valence-electron chi connectivity index (χ4n) is 1.87. The van der Waals surface area contributed by atoms with Gasteiger partial charge < -0.3 is 4.52 Å². The van der Waals surface area contributed by atoms with E-state index < -0.39 is 17.9 Å². The van der Waals surface area contributed by atoms with Crippen molar-refractivity contribution in [1.29, 1.82) is 0 Å². The molecule has 0 spiro atoms. The Labute approximate surface area is 140 Å². The van der Waals surface area contributed by atoms with Crippen molar-refractivity contribution in [3.63, 3.8) is 0 Å². The summed E-state index contributed by atoms with van der Waals surface area (Å²) in [5.74, 6) is -2.38. The molecule has 10 heteroatoms. The first-order valence-electron chi connectivity index (χ1n) is 6.20. The molecule has 2 heterocycles. The molecule has 3 aromatic rings. The summed E-state index contributed by atoms with van der Waals surface area (Å²) in [6, 6.07) is 3.94. The predicted molar refractivity (Wildman–Crippen MR) is 78.7 cm³/mol. The van der Waals surface area contributed by atoms with Crippen LogP contribution < -0.4 is 0 Å². The number of hydrogen-bond donors (Lipinski definition) is 0. The molecule has 2 aromatic heterocycles. The monoisotopic (exact) mass is 438 g/mol. The van der Waals surface area contributed by atoms with E-state index in [1.807, 2.05) is 0 Å². The van der Waals surface area contributed by atoms with Gasteiger partial charge in [-0.25, -0.2) is 4.39 Å². The molecule has 120 valence electrons. The van der Waals surface area contributed by atoms with E-state index in [-0.39, 0.29) is 17.9 Å². The Morgan fingerprint density at radius 2 is 2.04 bits per heavy atom. The first-order chi connectivity index (χ1) is 10.8. The first-order valence-corrected chi connectivity index (χ1v) is 7.28. The van der Waals surface area contributed by atoms with Gasteiger partial charge in [0.1, 0.15) is 5.82 Å². The van der Waals surface area contributed by atoms with E-state index in [0.717, 1.165) is 9.64 Å². The molecular weight excluding hydrogens is 431 g/mol. The van der Waals surface area contributed by atoms with Gasteiger partial charge in [-0.15, -0.1) is 0 Å². The van der Waals surface area contributed by atoms with Crippen molar-refractivity contribution in [2.24, 2.45) is 0 Å². The van der Waals surface area contributed by atoms with Crippen LogP contribution in [0.4, 0.5) is 17.6 Å². The highest BCUT2D eigenvalue weighted by molar-refractivity contribution is 14.1. The number of hydrogen-bond acceptors (Lipinski definition) is 4. The second-order valence-corrected chi connectivity index (χ2v) is 5.83. The summed E-state index contributed by atoms with van der Waals surface area (Å²) >= 11 is 2.08. The molecule has 0 amide bonds. The van der Waals surface area contributed by atoms with Crippen LogP contribution in [-0.4, -0.2) is 19.9 Å². The first kappa shape index (κ1) is 15.9. The summed E-state index contributed by atoms with van der Waals surface area (Å²) in [6.07, 6.45) is -1.37. The number of benzene rings is 1. The predicted octanol–water partition coefficient (Wildman–Crippen LogP) is 3.74. The Kier molecular flexibility index (Phi) is 4.08. The van der Waals surface area contributed by atoms with Crippen molar-refractivity contribution in [2.45, 2.75) is 12.7 Å². The summed E-state index contributed by atoms with van der Waals surface area (Å²) in [6.45, 7) is 0.204. The van der Waals surface area contributed by atoms with Gasteiger partial charge in [0.05, 0.1) is 16.3 Å². The molecule has 0 unspecified atom stereocenters. The molecule has 1 aromatic carbocycles. The topological polar surface area (TPSA) is 56.7 Å². The minimum absolute atomic E-state index is 0.0977. The standard InChI is InChI=1S/C13H7F4IN4O/c14-10-3-7(11-20-12(23-21-11)13(15,16)17)1-2-8(10)5-22-6-9(18)4-19-22/h1-4,6H,5H2. The Bertz CT molecular complexity index is 843. The fourth-order valence-corrected chi connectivity index (χ4v) is 2.32. The molecule has 0 saturated heterocycles. The van der Waals surface area contributed by atoms with Crippen LogP contribution in [0.3, 0.4) is 0 Å². The Morgan fingerprint density at radius 1 is 1.26 bits per heavy atom. The Morgan fingerprint density at radius 3 is 2.61 bits per heavy atom. The maximum absolute atomic E-state index is 14.1. The molecule has 3 rings (SSSR count). The van der Waals surface area contributed by atoms with Gasteiger partial charge in [-0.3, -0.25) is 4.68 Å². The molecule has 0 aliphatic heterocycles. The van der Waals surface area contributed by atoms with Crippen LogP contribution in [0.15, 0.2) is 35.1 Å². The highest BCUT2D eigenvalue weighted by Gasteiger charge is 2.38. The zero-order valence-corrected chi connectivity index (χ0v) is 13.3. The van der Waals surface area contributed by atoms with Gasteiger partial charge in [0.15, 0.2) is 0 Å². The highest BCUT2D eigenvalue weighted by Crippen LogP contribution is 2.29. The molecule has 0 N–H and O–H groups in total. The second kappa shape index (κ2) is 5.91. The number of halogens is 5. The van der Waals surface area contributed by atoms with Crippen molar-refractivity contribution in [1.82, 2.24) is 19.9 Å². The zero-order valence-electron chi connectivity index (χ0n) is 11.2. The van der Waals surface area contributed by atoms with E-state index in [1.54, 1.807) is 17.1 Å². The molecule has 0 fully saturated rings. The summed E-state index contributed by atoms with van der Waals surface area (Å²) < 4.78 is 58.0. The van der Waals surface area contributed by atoms with Gasteiger partial charge in [-0.05, 0) is 28.7 Å². The largest absolute Gasteiger partial charge is 0.471 e. The van der Waals surface area contributed by atoms with Gasteiger partial charge >= 0.3 is 12.1 Å². The third-order valence-corrected chi connectivity index (χ3v) is 3.47. The van der Waals surface area contributed by atoms with Crippen LogP contribution in [0.25, 0.3) is 11.4 Å². The lowest BCUT2D eigenvalue weighted by Gasteiger charge is -2.04. The number of nitrogens with zero attached hydrogens (tertiary/aromatic N) is 4. The summed E-state index contributed by atoms with van der Waals surface area (Å²) in [7, 11) is 0. The van der Waals surface area contributed by atoms with Gasteiger partial charge in [0.25, 0.3) is 0 Å². The smallest absolute Gasteiger partial charge is 0.329 e. The minimum Gasteiger partial charge on any atom is -0.329 e. The Hall–Kier alpha value is -1.98. The van der Waals surface area contributed by atoms with Crippen molar-refractivity contribution >= 4 is 22.6 Å². The quantitative estimate of drug-likeness (QED) is 0.462. The third kappa shape index (κ3) is 3.51. The van der Waals surface area contributed by atoms with Crippen LogP contribution in [0.1, 0.15) is 11.5 Å². The molecule has 0 radical (unpaired) electrons. The van der Waals surface area contributed by atoms with Crippen molar-refractivity contribution in [2.75, 3.05) is 0 Å². The van der Waals surface area contributed by atoms with E-state index >= 15 is 0 Å². The van der Waals surface area contributed by atoms with E-state index in [2.05, 4.69) is 42.4 Å². The number of aromatic nitrogens is 4. The van der Waals surface area contributed by atoms with Gasteiger partial charge in [-0.1, -0.05) is 17.3 Å². The second-order valence-electron chi connectivity index (χ2n) is 4.58. The average Bonchev–Trinajstić information content (AvgIpc) is 3.10. The SMILES string of the molecule is Fc1cc(-c2noc(C(F)(F)F)n2)ccc1Cn1cc(I)cn1. The summed E-state index contributed by atoms with van der Waals surface area (Å²) in [5.41, 5.74) is 0.438. The lowest BCUT2D eigenvalue weighted by atomic mass is 10.1. The summed E-state index contributed by atoms with van der Waals surface area (Å²) in [5, 5.41) is 7.26. The fraction of sp³-hybridized carbons (Fsp3) is 0.154. The normalized spacial score (nSPS) is 11.9. The number of rotatable bonds is 3. The molecule has 0 aliphatic carbocycles. The lowest BCUT2D eigenvalue weighted by molar-refractivity contribution is -0.159. The van der Waals surface area contributed by atoms with Gasteiger partial charge in [-0.2, -0.15) is 23.3 Å². The molecule has 0 atom stereocenters. The van der Waals surface area contributed by atoms with Crippen LogP contribution in [0, 0.1) is 9.39 Å². The van der Waals surface area contributed by atoms with Gasteiger partial charge in [0, 0.05) is 17.3 Å². The average molecular weight is 438 g/mol. The van der Waals surface area contributed by atoms with Crippen LogP contribution in [0.5, 0.6) is 0 Å².